The van der Waals surface area contributed by atoms with Gasteiger partial charge in [0.05, 0.1) is 0 Å². The number of carbonyl (C=O) groups is 1. The molecule has 2 N–H and O–H groups in total. The largest absolute Gasteiger partial charge is 0.350 e. The zero-order chi connectivity index (χ0) is 18.6. The number of aromatic nitrogens is 5. The summed E-state index contributed by atoms with van der Waals surface area (Å²) in [5, 5.41) is 18.9. The van der Waals surface area contributed by atoms with Crippen molar-refractivity contribution in [2.45, 2.75) is 18.9 Å². The zero-order valence-corrected chi connectivity index (χ0v) is 15.8. The van der Waals surface area contributed by atoms with E-state index in [0.29, 0.717) is 35.6 Å². The fourth-order valence-electron chi connectivity index (χ4n) is 3.64. The summed E-state index contributed by atoms with van der Waals surface area (Å²) < 4.78 is 0. The van der Waals surface area contributed by atoms with Gasteiger partial charge in [0.2, 0.25) is 5.82 Å². The van der Waals surface area contributed by atoms with Gasteiger partial charge in [-0.1, -0.05) is 6.07 Å². The van der Waals surface area contributed by atoms with Crippen molar-refractivity contribution in [3.63, 3.8) is 0 Å². The smallest absolute Gasteiger partial charge is 0.269 e. The van der Waals surface area contributed by atoms with Crippen molar-refractivity contribution in [2.75, 3.05) is 20.1 Å². The van der Waals surface area contributed by atoms with E-state index >= 15 is 0 Å². The van der Waals surface area contributed by atoms with Crippen molar-refractivity contribution in [3.8, 4) is 11.4 Å². The first-order valence-corrected chi connectivity index (χ1v) is 9.82. The Hall–Kier alpha value is -2.65. The van der Waals surface area contributed by atoms with Crippen molar-refractivity contribution in [2.24, 2.45) is 5.92 Å². The lowest BCUT2D eigenvalue weighted by atomic mass is 9.88. The molecule has 27 heavy (non-hydrogen) atoms. The number of pyridine rings is 1. The Morgan fingerprint density at radius 3 is 3.04 bits per heavy atom. The molecule has 140 valence electrons. The summed E-state index contributed by atoms with van der Waals surface area (Å²) in [6.07, 6.45) is 3.84. The molecule has 2 atom stereocenters. The van der Waals surface area contributed by atoms with Crippen LogP contribution in [0.3, 0.4) is 0 Å². The molecule has 1 fully saturated rings. The lowest BCUT2D eigenvalue weighted by molar-refractivity contribution is 0.0891. The first kappa shape index (κ1) is 17.7. The molecule has 3 aromatic rings. The third-order valence-corrected chi connectivity index (χ3v) is 5.91. The molecule has 0 aromatic carbocycles. The van der Waals surface area contributed by atoms with Crippen LogP contribution in [0.1, 0.15) is 34.2 Å². The summed E-state index contributed by atoms with van der Waals surface area (Å²) in [7, 11) is 2.16. The molecule has 9 heteroatoms. The third kappa shape index (κ3) is 3.88. The maximum Gasteiger partial charge on any atom is 0.269 e. The minimum absolute atomic E-state index is 0.159. The van der Waals surface area contributed by atoms with Gasteiger partial charge >= 0.3 is 0 Å². The summed E-state index contributed by atoms with van der Waals surface area (Å²) >= 11 is 1.78. The van der Waals surface area contributed by atoms with Crippen molar-refractivity contribution >= 4 is 17.2 Å². The number of amides is 1. The number of aromatic amines is 1. The molecule has 0 saturated carbocycles. The van der Waals surface area contributed by atoms with Gasteiger partial charge in [0.1, 0.15) is 5.69 Å². The van der Waals surface area contributed by atoms with Crippen molar-refractivity contribution < 1.29 is 4.79 Å². The SMILES string of the molecule is CN1CCCC(CNC(=O)c2ccc(-c3nn[nH]n3)cn2)C1c1cccs1. The minimum atomic E-state index is -0.159. The van der Waals surface area contributed by atoms with Gasteiger partial charge in [-0.05, 0) is 61.1 Å². The standard InChI is InChI=1S/C18H21N7OS/c1-25-8-2-4-12(16(25)15-5-3-9-27-15)10-20-18(26)14-7-6-13(11-19-14)17-21-23-24-22-17/h3,5-7,9,11-12,16H,2,4,8,10H2,1H3,(H,20,26)(H,21,22,23,24). The van der Waals surface area contributed by atoms with Crippen molar-refractivity contribution in [1.82, 2.24) is 35.8 Å². The van der Waals surface area contributed by atoms with E-state index < -0.39 is 0 Å². The highest BCUT2D eigenvalue weighted by Gasteiger charge is 2.31. The van der Waals surface area contributed by atoms with Crippen LogP contribution in [0.4, 0.5) is 0 Å². The fourth-order valence-corrected chi connectivity index (χ4v) is 4.62. The number of nitrogens with one attached hydrogen (secondary N) is 2. The van der Waals surface area contributed by atoms with E-state index in [2.05, 4.69) is 60.4 Å². The number of nitrogens with zero attached hydrogens (tertiary/aromatic N) is 5. The van der Waals surface area contributed by atoms with Crippen LogP contribution >= 0.6 is 11.3 Å². The Kier molecular flexibility index (Phi) is 5.21. The predicted octanol–water partition coefficient (Wildman–Crippen LogP) is 2.14. The van der Waals surface area contributed by atoms with E-state index in [0.717, 1.165) is 19.4 Å². The molecule has 1 saturated heterocycles. The number of thiophene rings is 1. The molecular formula is C18H21N7OS. The quantitative estimate of drug-likeness (QED) is 0.700. The van der Waals surface area contributed by atoms with E-state index in [4.69, 9.17) is 0 Å². The Morgan fingerprint density at radius 2 is 2.33 bits per heavy atom. The van der Waals surface area contributed by atoms with Crippen LogP contribution in [-0.2, 0) is 0 Å². The topological polar surface area (TPSA) is 99.7 Å². The molecule has 4 heterocycles. The van der Waals surface area contributed by atoms with Crippen LogP contribution in [-0.4, -0.2) is 56.6 Å². The maximum atomic E-state index is 12.5. The Labute approximate surface area is 161 Å². The number of piperidine rings is 1. The van der Waals surface area contributed by atoms with Gasteiger partial charge in [-0.3, -0.25) is 14.7 Å². The van der Waals surface area contributed by atoms with Gasteiger partial charge in [-0.15, -0.1) is 21.5 Å². The number of likely N-dealkylation sites (tertiary alicyclic amines) is 1. The van der Waals surface area contributed by atoms with Gasteiger partial charge in [-0.25, -0.2) is 0 Å². The van der Waals surface area contributed by atoms with Gasteiger partial charge in [0.25, 0.3) is 5.91 Å². The Balaban J connectivity index is 1.40. The van der Waals surface area contributed by atoms with E-state index in [1.807, 2.05) is 0 Å². The lowest BCUT2D eigenvalue weighted by Gasteiger charge is -2.38. The van der Waals surface area contributed by atoms with Crippen molar-refractivity contribution in [1.29, 1.82) is 0 Å². The van der Waals surface area contributed by atoms with Gasteiger partial charge in [0, 0.05) is 29.2 Å². The molecule has 2 unspecified atom stereocenters. The molecule has 1 aliphatic rings. The molecular weight excluding hydrogens is 362 g/mol. The molecule has 0 bridgehead atoms. The van der Waals surface area contributed by atoms with Crippen LogP contribution in [0, 0.1) is 5.92 Å². The monoisotopic (exact) mass is 383 g/mol. The van der Waals surface area contributed by atoms with E-state index in [-0.39, 0.29) is 5.91 Å². The van der Waals surface area contributed by atoms with Gasteiger partial charge in [0.15, 0.2) is 0 Å². The fraction of sp³-hybridized carbons (Fsp3) is 0.389. The number of rotatable bonds is 5. The molecule has 1 amide bonds. The normalized spacial score (nSPS) is 20.5. The maximum absolute atomic E-state index is 12.5. The van der Waals surface area contributed by atoms with E-state index in [1.54, 1.807) is 29.7 Å². The predicted molar refractivity (Wildman–Crippen MR) is 102 cm³/mol. The number of hydrogen-bond acceptors (Lipinski definition) is 7. The average Bonchev–Trinajstić information content (AvgIpc) is 3.40. The van der Waals surface area contributed by atoms with Gasteiger partial charge in [-0.2, -0.15) is 5.21 Å². The van der Waals surface area contributed by atoms with Crippen LogP contribution in [0.25, 0.3) is 11.4 Å². The Bertz CT molecular complexity index is 864. The molecule has 0 spiro atoms. The number of carbonyl (C=O) groups excluding carboxylic acids is 1. The first-order valence-electron chi connectivity index (χ1n) is 8.94. The molecule has 8 nitrogen and oxygen atoms in total. The molecule has 0 aliphatic carbocycles. The minimum Gasteiger partial charge on any atom is -0.350 e. The summed E-state index contributed by atoms with van der Waals surface area (Å²) in [5.41, 5.74) is 1.10. The summed E-state index contributed by atoms with van der Waals surface area (Å²) in [5.74, 6) is 0.691. The zero-order valence-electron chi connectivity index (χ0n) is 15.0. The highest BCUT2D eigenvalue weighted by atomic mass is 32.1. The second-order valence-electron chi connectivity index (χ2n) is 6.72. The number of hydrogen-bond donors (Lipinski definition) is 2. The summed E-state index contributed by atoms with van der Waals surface area (Å²) in [4.78, 5) is 20.5. The second kappa shape index (κ2) is 7.93. The third-order valence-electron chi connectivity index (χ3n) is 4.97. The van der Waals surface area contributed by atoms with Crippen LogP contribution in [0.2, 0.25) is 0 Å². The summed E-state index contributed by atoms with van der Waals surface area (Å²) in [6.45, 7) is 1.73. The summed E-state index contributed by atoms with van der Waals surface area (Å²) in [6, 6.07) is 8.09. The molecule has 3 aromatic heterocycles. The van der Waals surface area contributed by atoms with Crippen LogP contribution < -0.4 is 5.32 Å². The molecule has 0 radical (unpaired) electrons. The second-order valence-corrected chi connectivity index (χ2v) is 7.70. The highest BCUT2D eigenvalue weighted by Crippen LogP contribution is 2.36. The first-order chi connectivity index (χ1) is 13.2. The van der Waals surface area contributed by atoms with Crippen LogP contribution in [0.5, 0.6) is 0 Å². The Morgan fingerprint density at radius 1 is 1.41 bits per heavy atom. The highest BCUT2D eigenvalue weighted by molar-refractivity contribution is 7.10. The van der Waals surface area contributed by atoms with Crippen LogP contribution in [0.15, 0.2) is 35.8 Å². The molecule has 1 aliphatic heterocycles. The molecule has 4 rings (SSSR count). The van der Waals surface area contributed by atoms with E-state index in [1.165, 1.54) is 4.88 Å². The van der Waals surface area contributed by atoms with Gasteiger partial charge < -0.3 is 5.32 Å². The number of H-pyrrole nitrogens is 1. The van der Waals surface area contributed by atoms with E-state index in [9.17, 15) is 4.79 Å². The lowest BCUT2D eigenvalue weighted by Crippen LogP contribution is -2.41. The average molecular weight is 383 g/mol. The van der Waals surface area contributed by atoms with Crippen molar-refractivity contribution in [3.05, 3.63) is 46.4 Å². The number of tetrazole rings is 1.